The van der Waals surface area contributed by atoms with Gasteiger partial charge in [0.1, 0.15) is 22.6 Å². The normalized spacial score (nSPS) is 11.4. The summed E-state index contributed by atoms with van der Waals surface area (Å²) in [5.74, 6) is 0.985. The van der Waals surface area contributed by atoms with Crippen LogP contribution in [0.25, 0.3) is 34.1 Å². The third-order valence-electron chi connectivity index (χ3n) is 5.45. The number of anilines is 1. The van der Waals surface area contributed by atoms with E-state index in [4.69, 9.17) is 16.0 Å². The molecule has 2 aromatic heterocycles. The summed E-state index contributed by atoms with van der Waals surface area (Å²) in [7, 11) is 0. The summed E-state index contributed by atoms with van der Waals surface area (Å²) in [5.41, 5.74) is 5.78. The van der Waals surface area contributed by atoms with Gasteiger partial charge in [-0.1, -0.05) is 41.9 Å². The van der Waals surface area contributed by atoms with Crippen LogP contribution in [0, 0.1) is 13.8 Å². The second kappa shape index (κ2) is 9.00. The number of hydrogen-bond acceptors (Lipinski definition) is 4. The van der Waals surface area contributed by atoms with Gasteiger partial charge in [0.25, 0.3) is 0 Å². The molecule has 3 aromatic carbocycles. The van der Waals surface area contributed by atoms with E-state index in [9.17, 15) is 4.79 Å². The fraction of sp³-hybridized carbons (Fsp3) is 0.0741. The molecule has 6 nitrogen and oxygen atoms in total. The van der Waals surface area contributed by atoms with Crippen molar-refractivity contribution < 1.29 is 9.21 Å². The molecule has 0 fully saturated rings. The Morgan fingerprint density at radius 1 is 0.941 bits per heavy atom. The molecule has 5 aromatic rings. The van der Waals surface area contributed by atoms with E-state index in [-0.39, 0.29) is 5.91 Å². The van der Waals surface area contributed by atoms with Crippen LogP contribution in [0.1, 0.15) is 16.9 Å². The minimum atomic E-state index is -0.269. The molecule has 7 heteroatoms. The van der Waals surface area contributed by atoms with E-state index >= 15 is 0 Å². The molecule has 1 N–H and O–H groups in total. The highest BCUT2D eigenvalue weighted by molar-refractivity contribution is 6.31. The summed E-state index contributed by atoms with van der Waals surface area (Å²) in [6.07, 6.45) is 3.07. The molecule has 0 atom stereocenters. The van der Waals surface area contributed by atoms with Crippen LogP contribution < -0.4 is 5.32 Å². The van der Waals surface area contributed by atoms with Crippen molar-refractivity contribution in [2.24, 2.45) is 0 Å². The van der Waals surface area contributed by atoms with Crippen molar-refractivity contribution >= 4 is 40.3 Å². The summed E-state index contributed by atoms with van der Waals surface area (Å²) in [5, 5.41) is 12.7. The largest absolute Gasteiger partial charge is 0.457 e. The minimum absolute atomic E-state index is 0.269. The molecule has 0 aliphatic carbocycles. The first-order valence-corrected chi connectivity index (χ1v) is 11.1. The Labute approximate surface area is 201 Å². The van der Waals surface area contributed by atoms with Crippen LogP contribution in [0.4, 0.5) is 5.69 Å². The van der Waals surface area contributed by atoms with Crippen molar-refractivity contribution in [1.29, 1.82) is 0 Å². The average Bonchev–Trinajstić information content (AvgIpc) is 3.47. The van der Waals surface area contributed by atoms with E-state index in [2.05, 4.69) is 15.5 Å². The van der Waals surface area contributed by atoms with E-state index in [1.54, 1.807) is 10.9 Å². The predicted molar refractivity (Wildman–Crippen MR) is 135 cm³/mol. The van der Waals surface area contributed by atoms with Crippen LogP contribution in [0.2, 0.25) is 5.02 Å². The van der Waals surface area contributed by atoms with E-state index in [0.29, 0.717) is 27.7 Å². The molecule has 34 heavy (non-hydrogen) atoms. The SMILES string of the molecule is Cc1ccc(-c2ccc(/C=C/C(=O)Nc3cc4nn(-c5ccccc5)nc4cc3C)o2)cc1Cl. The molecule has 168 valence electrons. The molecule has 2 heterocycles. The van der Waals surface area contributed by atoms with E-state index in [0.717, 1.165) is 27.9 Å². The van der Waals surface area contributed by atoms with Gasteiger partial charge in [-0.05, 0) is 73.5 Å². The monoisotopic (exact) mass is 468 g/mol. The number of aryl methyl sites for hydroxylation is 2. The Bertz CT molecular complexity index is 1530. The average molecular weight is 469 g/mol. The standard InChI is InChI=1S/C27H21ClN4O2/c1-17-8-9-19(15-22(17)28)26-12-10-21(34-26)11-13-27(33)29-23-16-25-24(14-18(23)2)30-32(31-25)20-6-4-3-5-7-20/h3-16H,1-2H3,(H,29,33)/b13-11+. The number of para-hydroxylation sites is 1. The summed E-state index contributed by atoms with van der Waals surface area (Å²) >= 11 is 6.21. The number of benzene rings is 3. The van der Waals surface area contributed by atoms with Crippen LogP contribution in [0.5, 0.6) is 0 Å². The zero-order valence-electron chi connectivity index (χ0n) is 18.6. The lowest BCUT2D eigenvalue weighted by molar-refractivity contribution is -0.111. The first-order chi connectivity index (χ1) is 16.5. The zero-order chi connectivity index (χ0) is 23.7. The maximum atomic E-state index is 12.6. The Kier molecular flexibility index (Phi) is 5.74. The maximum Gasteiger partial charge on any atom is 0.248 e. The van der Waals surface area contributed by atoms with Crippen LogP contribution in [-0.4, -0.2) is 20.9 Å². The molecule has 0 aliphatic rings. The van der Waals surface area contributed by atoms with E-state index in [1.807, 2.05) is 86.6 Å². The molecule has 0 bridgehead atoms. The van der Waals surface area contributed by atoms with Crippen molar-refractivity contribution in [3.05, 3.63) is 101 Å². The van der Waals surface area contributed by atoms with Crippen LogP contribution in [-0.2, 0) is 4.79 Å². The first-order valence-electron chi connectivity index (χ1n) is 10.7. The highest BCUT2D eigenvalue weighted by atomic mass is 35.5. The van der Waals surface area contributed by atoms with Gasteiger partial charge in [-0.3, -0.25) is 4.79 Å². The minimum Gasteiger partial charge on any atom is -0.457 e. The smallest absolute Gasteiger partial charge is 0.248 e. The van der Waals surface area contributed by atoms with Crippen molar-refractivity contribution in [3.63, 3.8) is 0 Å². The van der Waals surface area contributed by atoms with Crippen molar-refractivity contribution in [1.82, 2.24) is 15.0 Å². The summed E-state index contributed by atoms with van der Waals surface area (Å²) in [4.78, 5) is 14.2. The van der Waals surface area contributed by atoms with Gasteiger partial charge < -0.3 is 9.73 Å². The number of aromatic nitrogens is 3. The molecule has 0 aliphatic heterocycles. The Morgan fingerprint density at radius 3 is 2.47 bits per heavy atom. The summed E-state index contributed by atoms with van der Waals surface area (Å²) in [6.45, 7) is 3.87. The lowest BCUT2D eigenvalue weighted by atomic mass is 10.1. The molecule has 0 saturated heterocycles. The Morgan fingerprint density at radius 2 is 1.71 bits per heavy atom. The number of carbonyl (C=O) groups is 1. The maximum absolute atomic E-state index is 12.6. The molecule has 1 amide bonds. The number of nitrogens with zero attached hydrogens (tertiary/aromatic N) is 3. The van der Waals surface area contributed by atoms with Gasteiger partial charge in [-0.2, -0.15) is 4.80 Å². The molecule has 0 unspecified atom stereocenters. The third kappa shape index (κ3) is 4.49. The van der Waals surface area contributed by atoms with Crippen molar-refractivity contribution in [3.8, 4) is 17.0 Å². The van der Waals surface area contributed by atoms with Gasteiger partial charge in [-0.15, -0.1) is 10.2 Å². The first kappa shape index (κ1) is 21.7. The van der Waals surface area contributed by atoms with Gasteiger partial charge in [-0.25, -0.2) is 0 Å². The topological polar surface area (TPSA) is 73.0 Å². The Balaban J connectivity index is 1.31. The van der Waals surface area contributed by atoms with Gasteiger partial charge in [0.2, 0.25) is 5.91 Å². The molecule has 5 rings (SSSR count). The second-order valence-corrected chi connectivity index (χ2v) is 8.38. The van der Waals surface area contributed by atoms with Gasteiger partial charge in [0.05, 0.1) is 5.69 Å². The number of nitrogens with one attached hydrogen (secondary N) is 1. The molecular weight excluding hydrogens is 448 g/mol. The van der Waals surface area contributed by atoms with Crippen molar-refractivity contribution in [2.45, 2.75) is 13.8 Å². The molecule has 0 radical (unpaired) electrons. The molecule has 0 spiro atoms. The number of amides is 1. The number of rotatable bonds is 5. The van der Waals surface area contributed by atoms with Gasteiger partial charge in [0.15, 0.2) is 0 Å². The van der Waals surface area contributed by atoms with Crippen LogP contribution in [0.15, 0.2) is 83.3 Å². The fourth-order valence-corrected chi connectivity index (χ4v) is 3.74. The summed E-state index contributed by atoms with van der Waals surface area (Å²) in [6, 6.07) is 22.9. The third-order valence-corrected chi connectivity index (χ3v) is 5.86. The fourth-order valence-electron chi connectivity index (χ4n) is 3.56. The quantitative estimate of drug-likeness (QED) is 0.295. The van der Waals surface area contributed by atoms with E-state index in [1.165, 1.54) is 6.08 Å². The lowest BCUT2D eigenvalue weighted by Crippen LogP contribution is -2.08. The van der Waals surface area contributed by atoms with E-state index < -0.39 is 0 Å². The Hall–Kier alpha value is -4.16. The number of halogens is 1. The number of furan rings is 1. The van der Waals surface area contributed by atoms with Crippen molar-refractivity contribution in [2.75, 3.05) is 5.32 Å². The van der Waals surface area contributed by atoms with Crippen LogP contribution in [0.3, 0.4) is 0 Å². The molecular formula is C27H21ClN4O2. The highest BCUT2D eigenvalue weighted by Gasteiger charge is 2.10. The van der Waals surface area contributed by atoms with Gasteiger partial charge >= 0.3 is 0 Å². The second-order valence-electron chi connectivity index (χ2n) is 7.97. The number of carbonyl (C=O) groups excluding carboxylic acids is 1. The lowest BCUT2D eigenvalue weighted by Gasteiger charge is -2.05. The zero-order valence-corrected chi connectivity index (χ0v) is 19.4. The highest BCUT2D eigenvalue weighted by Crippen LogP contribution is 2.27. The molecule has 0 saturated carbocycles. The van der Waals surface area contributed by atoms with Gasteiger partial charge in [0, 0.05) is 22.3 Å². The number of hydrogen-bond donors (Lipinski definition) is 1. The number of fused-ring (bicyclic) bond motifs is 1. The summed E-state index contributed by atoms with van der Waals surface area (Å²) < 4.78 is 5.84. The predicted octanol–water partition coefficient (Wildman–Crippen LogP) is 6.60. The van der Waals surface area contributed by atoms with Crippen LogP contribution >= 0.6 is 11.6 Å².